The molecule has 0 amide bonds. The number of carbonyl (C=O) groups excluding carboxylic acids is 1. The zero-order chi connectivity index (χ0) is 19.8. The molecule has 4 rings (SSSR count). The molecular formula is C18H18N6O3S. The zero-order valence-corrected chi connectivity index (χ0v) is 16.1. The van der Waals surface area contributed by atoms with Gasteiger partial charge in [-0.2, -0.15) is 15.0 Å². The molecular weight excluding hydrogens is 380 g/mol. The molecule has 0 bridgehead atoms. The number of rotatable bonds is 5. The van der Waals surface area contributed by atoms with Gasteiger partial charge in [-0.3, -0.25) is 4.79 Å². The molecule has 0 aliphatic carbocycles. The van der Waals surface area contributed by atoms with Crippen molar-refractivity contribution in [2.75, 3.05) is 24.0 Å². The van der Waals surface area contributed by atoms with E-state index in [1.54, 1.807) is 0 Å². The van der Waals surface area contributed by atoms with Crippen molar-refractivity contribution in [1.29, 1.82) is 0 Å². The number of nitrogens with zero attached hydrogens (tertiary/aromatic N) is 4. The van der Waals surface area contributed by atoms with Crippen molar-refractivity contribution in [3.8, 4) is 17.2 Å². The van der Waals surface area contributed by atoms with E-state index in [2.05, 4.69) is 15.0 Å². The van der Waals surface area contributed by atoms with E-state index >= 15 is 0 Å². The summed E-state index contributed by atoms with van der Waals surface area (Å²) in [5.74, 6) is 1.59. The molecule has 144 valence electrons. The van der Waals surface area contributed by atoms with Crippen molar-refractivity contribution in [1.82, 2.24) is 19.5 Å². The highest BCUT2D eigenvalue weighted by atomic mass is 32.2. The monoisotopic (exact) mass is 398 g/mol. The molecule has 2 aromatic heterocycles. The number of Topliss-reactive ketones (excluding diaryl/α,β-unsaturated/α-hetero) is 1. The number of aryl methyl sites for hydroxylation is 1. The number of carbonyl (C=O) groups is 1. The summed E-state index contributed by atoms with van der Waals surface area (Å²) in [6, 6.07) is 7.58. The van der Waals surface area contributed by atoms with Crippen molar-refractivity contribution in [2.45, 2.75) is 19.0 Å². The van der Waals surface area contributed by atoms with Crippen molar-refractivity contribution >= 4 is 29.4 Å². The third-order valence-electron chi connectivity index (χ3n) is 4.33. The van der Waals surface area contributed by atoms with Gasteiger partial charge in [0, 0.05) is 28.7 Å². The van der Waals surface area contributed by atoms with Crippen LogP contribution in [-0.2, 0) is 0 Å². The number of hydrogen-bond donors (Lipinski definition) is 2. The van der Waals surface area contributed by atoms with Gasteiger partial charge < -0.3 is 25.5 Å². The van der Waals surface area contributed by atoms with E-state index in [1.165, 1.54) is 11.8 Å². The first kappa shape index (κ1) is 18.1. The van der Waals surface area contributed by atoms with E-state index < -0.39 is 0 Å². The number of fused-ring (bicyclic) bond motifs is 1. The van der Waals surface area contributed by atoms with E-state index in [1.807, 2.05) is 42.7 Å². The molecule has 0 fully saturated rings. The summed E-state index contributed by atoms with van der Waals surface area (Å²) in [7, 11) is 0. The largest absolute Gasteiger partial charge is 0.454 e. The maximum atomic E-state index is 12.8. The summed E-state index contributed by atoms with van der Waals surface area (Å²) in [5.41, 5.74) is 14.5. The van der Waals surface area contributed by atoms with Crippen LogP contribution in [0.5, 0.6) is 11.5 Å². The number of thioether (sulfide) groups is 1. The lowest BCUT2D eigenvalue weighted by molar-refractivity contribution is 0.102. The van der Waals surface area contributed by atoms with Gasteiger partial charge in [-0.1, -0.05) is 11.8 Å². The Kier molecular flexibility index (Phi) is 4.55. The van der Waals surface area contributed by atoms with E-state index in [9.17, 15) is 4.79 Å². The number of hydrogen-bond acceptors (Lipinski definition) is 9. The molecule has 3 aromatic rings. The molecule has 0 unspecified atom stereocenters. The Balaban J connectivity index is 1.57. The smallest absolute Gasteiger partial charge is 0.231 e. The molecule has 10 heteroatoms. The molecule has 0 saturated carbocycles. The molecule has 0 spiro atoms. The first-order chi connectivity index (χ1) is 13.4. The number of nitrogen functional groups attached to an aromatic ring is 2. The predicted octanol–water partition coefficient (Wildman–Crippen LogP) is 2.15. The third kappa shape index (κ3) is 3.33. The lowest BCUT2D eigenvalue weighted by atomic mass is 10.2. The molecule has 4 N–H and O–H groups in total. The average molecular weight is 398 g/mol. The van der Waals surface area contributed by atoms with Gasteiger partial charge >= 0.3 is 0 Å². The standard InChI is InChI=1S/C18H18N6O3S/c1-9-5-12(13(25)7-28-18-22-16(19)21-17(20)23-18)10(2)24(9)11-3-4-14-15(6-11)27-8-26-14/h3-6H,7-8H2,1-2H3,(H4,19,20,21,22,23). The summed E-state index contributed by atoms with van der Waals surface area (Å²) < 4.78 is 12.8. The number of anilines is 2. The first-order valence-corrected chi connectivity index (χ1v) is 9.43. The van der Waals surface area contributed by atoms with Crippen LogP contribution in [0.2, 0.25) is 0 Å². The van der Waals surface area contributed by atoms with Gasteiger partial charge in [0.15, 0.2) is 22.4 Å². The second-order valence-corrected chi connectivity index (χ2v) is 7.15. The summed E-state index contributed by atoms with van der Waals surface area (Å²) in [4.78, 5) is 24.5. The van der Waals surface area contributed by atoms with Gasteiger partial charge in [-0.05, 0) is 32.0 Å². The number of ketones is 1. The number of aromatic nitrogens is 4. The second-order valence-electron chi connectivity index (χ2n) is 6.20. The minimum atomic E-state index is -0.0392. The van der Waals surface area contributed by atoms with E-state index in [-0.39, 0.29) is 30.2 Å². The Bertz CT molecular complexity index is 1060. The number of ether oxygens (including phenoxy) is 2. The quantitative estimate of drug-likeness (QED) is 0.490. The predicted molar refractivity (Wildman–Crippen MR) is 105 cm³/mol. The van der Waals surface area contributed by atoms with Gasteiger partial charge in [0.1, 0.15) is 0 Å². The highest BCUT2D eigenvalue weighted by molar-refractivity contribution is 7.99. The highest BCUT2D eigenvalue weighted by Gasteiger charge is 2.20. The highest BCUT2D eigenvalue weighted by Crippen LogP contribution is 2.35. The zero-order valence-electron chi connectivity index (χ0n) is 15.3. The number of benzene rings is 1. The Hall–Kier alpha value is -3.27. The van der Waals surface area contributed by atoms with Crippen LogP contribution in [0.3, 0.4) is 0 Å². The minimum absolute atomic E-state index is 0.0310. The van der Waals surface area contributed by atoms with Crippen molar-refractivity contribution < 1.29 is 14.3 Å². The molecule has 0 atom stereocenters. The van der Waals surface area contributed by atoms with Crippen molar-refractivity contribution in [3.05, 3.63) is 41.2 Å². The second kappa shape index (κ2) is 7.04. The number of nitrogens with two attached hydrogens (primary N) is 2. The van der Waals surface area contributed by atoms with Crippen molar-refractivity contribution in [3.63, 3.8) is 0 Å². The van der Waals surface area contributed by atoms with Gasteiger partial charge in [-0.25, -0.2) is 0 Å². The fourth-order valence-corrected chi connectivity index (χ4v) is 3.86. The van der Waals surface area contributed by atoms with Crippen LogP contribution in [-0.4, -0.2) is 37.8 Å². The van der Waals surface area contributed by atoms with Gasteiger partial charge in [-0.15, -0.1) is 0 Å². The van der Waals surface area contributed by atoms with E-state index in [4.69, 9.17) is 20.9 Å². The Morgan fingerprint density at radius 1 is 1.11 bits per heavy atom. The van der Waals surface area contributed by atoms with Crippen LogP contribution in [0.4, 0.5) is 11.9 Å². The SMILES string of the molecule is Cc1cc(C(=O)CSc2nc(N)nc(N)n2)c(C)n1-c1ccc2c(c1)OCO2. The molecule has 0 saturated heterocycles. The summed E-state index contributed by atoms with van der Waals surface area (Å²) in [6.07, 6.45) is 0. The third-order valence-corrected chi connectivity index (χ3v) is 5.18. The normalized spacial score (nSPS) is 12.4. The summed E-state index contributed by atoms with van der Waals surface area (Å²) in [5, 5.41) is 0.322. The van der Waals surface area contributed by atoms with E-state index in [0.29, 0.717) is 16.5 Å². The molecule has 1 aliphatic heterocycles. The summed E-state index contributed by atoms with van der Waals surface area (Å²) >= 11 is 1.17. The maximum absolute atomic E-state index is 12.8. The fourth-order valence-electron chi connectivity index (χ4n) is 3.13. The topological polar surface area (TPSA) is 131 Å². The van der Waals surface area contributed by atoms with Crippen LogP contribution in [0.1, 0.15) is 21.7 Å². The van der Waals surface area contributed by atoms with Crippen LogP contribution in [0.25, 0.3) is 5.69 Å². The molecule has 1 aliphatic rings. The van der Waals surface area contributed by atoms with Gasteiger partial charge in [0.2, 0.25) is 18.7 Å². The van der Waals surface area contributed by atoms with Crippen LogP contribution in [0.15, 0.2) is 29.4 Å². The van der Waals surface area contributed by atoms with Gasteiger partial charge in [0.05, 0.1) is 5.75 Å². The Labute approximate surface area is 165 Å². The molecule has 9 nitrogen and oxygen atoms in total. The lowest BCUT2D eigenvalue weighted by Gasteiger charge is -2.10. The molecule has 0 radical (unpaired) electrons. The molecule has 28 heavy (non-hydrogen) atoms. The van der Waals surface area contributed by atoms with Gasteiger partial charge in [0.25, 0.3) is 0 Å². The summed E-state index contributed by atoms with van der Waals surface area (Å²) in [6.45, 7) is 4.08. The molecule has 1 aromatic carbocycles. The minimum Gasteiger partial charge on any atom is -0.454 e. The fraction of sp³-hybridized carbons (Fsp3) is 0.222. The van der Waals surface area contributed by atoms with E-state index in [0.717, 1.165) is 22.8 Å². The van der Waals surface area contributed by atoms with Crippen LogP contribution in [0, 0.1) is 13.8 Å². The first-order valence-electron chi connectivity index (χ1n) is 8.44. The Morgan fingerprint density at radius 3 is 2.57 bits per heavy atom. The van der Waals surface area contributed by atoms with Crippen LogP contribution >= 0.6 is 11.8 Å². The maximum Gasteiger partial charge on any atom is 0.231 e. The lowest BCUT2D eigenvalue weighted by Crippen LogP contribution is -2.08. The van der Waals surface area contributed by atoms with Crippen molar-refractivity contribution in [2.24, 2.45) is 0 Å². The Morgan fingerprint density at radius 2 is 1.82 bits per heavy atom. The van der Waals surface area contributed by atoms with Crippen LogP contribution < -0.4 is 20.9 Å². The molecule has 3 heterocycles. The average Bonchev–Trinajstić information content (AvgIpc) is 3.22.